The maximum absolute atomic E-state index is 12.4. The summed E-state index contributed by atoms with van der Waals surface area (Å²) in [5.41, 5.74) is 2.38. The zero-order valence-electron chi connectivity index (χ0n) is 13.8. The molecule has 1 unspecified atom stereocenters. The molecule has 2 aliphatic rings. The highest BCUT2D eigenvalue weighted by Gasteiger charge is 2.42. The summed E-state index contributed by atoms with van der Waals surface area (Å²) in [7, 11) is 0. The van der Waals surface area contributed by atoms with E-state index in [0.29, 0.717) is 31.0 Å². The van der Waals surface area contributed by atoms with Crippen LogP contribution in [0.3, 0.4) is 0 Å². The number of likely N-dealkylation sites (tertiary alicyclic amines) is 1. The van der Waals surface area contributed by atoms with E-state index in [1.165, 1.54) is 5.56 Å². The third-order valence-corrected chi connectivity index (χ3v) is 6.06. The zero-order chi connectivity index (χ0) is 16.4. The van der Waals surface area contributed by atoms with E-state index in [4.69, 9.17) is 4.74 Å². The molecule has 4 rings (SSSR count). The summed E-state index contributed by atoms with van der Waals surface area (Å²) < 4.78 is 6.10. The topological polar surface area (TPSA) is 29.5 Å². The maximum atomic E-state index is 12.4. The van der Waals surface area contributed by atoms with Gasteiger partial charge in [-0.2, -0.15) is 11.3 Å². The number of thiophene rings is 1. The van der Waals surface area contributed by atoms with E-state index < -0.39 is 0 Å². The van der Waals surface area contributed by atoms with Crippen molar-refractivity contribution >= 4 is 17.2 Å². The summed E-state index contributed by atoms with van der Waals surface area (Å²) in [5.74, 6) is 1.53. The van der Waals surface area contributed by atoms with E-state index in [-0.39, 0.29) is 5.91 Å². The average molecular weight is 341 g/mol. The third-order valence-electron chi connectivity index (χ3n) is 5.32. The van der Waals surface area contributed by atoms with Crippen molar-refractivity contribution in [2.24, 2.45) is 11.8 Å². The lowest BCUT2D eigenvalue weighted by molar-refractivity contribution is -0.129. The minimum Gasteiger partial charge on any atom is -0.374 e. The number of amides is 1. The van der Waals surface area contributed by atoms with E-state index in [0.717, 1.165) is 31.5 Å². The minimum absolute atomic E-state index is 0.282. The number of rotatable bonds is 5. The normalized spacial score (nSPS) is 25.8. The zero-order valence-corrected chi connectivity index (χ0v) is 14.6. The second-order valence-electron chi connectivity index (χ2n) is 7.02. The van der Waals surface area contributed by atoms with E-state index in [1.807, 2.05) is 17.5 Å². The molecule has 0 bridgehead atoms. The Morgan fingerprint density at radius 2 is 1.83 bits per heavy atom. The first kappa shape index (κ1) is 15.9. The first-order valence-electron chi connectivity index (χ1n) is 8.72. The molecule has 1 aromatic heterocycles. The van der Waals surface area contributed by atoms with E-state index in [1.54, 1.807) is 11.3 Å². The van der Waals surface area contributed by atoms with Crippen molar-refractivity contribution in [1.29, 1.82) is 0 Å². The van der Waals surface area contributed by atoms with Crippen LogP contribution in [0.5, 0.6) is 0 Å². The highest BCUT2D eigenvalue weighted by molar-refractivity contribution is 7.08. The van der Waals surface area contributed by atoms with Crippen molar-refractivity contribution in [1.82, 2.24) is 4.90 Å². The number of carbonyl (C=O) groups excluding carboxylic acids is 1. The van der Waals surface area contributed by atoms with Gasteiger partial charge in [-0.1, -0.05) is 30.3 Å². The number of carbonyl (C=O) groups is 1. The van der Waals surface area contributed by atoms with E-state index in [2.05, 4.69) is 34.5 Å². The van der Waals surface area contributed by atoms with Crippen LogP contribution in [0.2, 0.25) is 0 Å². The molecule has 1 amide bonds. The molecule has 3 nitrogen and oxygen atoms in total. The molecule has 4 heteroatoms. The van der Waals surface area contributed by atoms with Crippen molar-refractivity contribution in [3.05, 3.63) is 58.3 Å². The van der Waals surface area contributed by atoms with Crippen molar-refractivity contribution in [2.45, 2.75) is 32.0 Å². The summed E-state index contributed by atoms with van der Waals surface area (Å²) in [6, 6.07) is 12.4. The van der Waals surface area contributed by atoms with Gasteiger partial charge >= 0.3 is 0 Å². The molecule has 3 atom stereocenters. The van der Waals surface area contributed by atoms with Crippen LogP contribution in [0.25, 0.3) is 0 Å². The van der Waals surface area contributed by atoms with Gasteiger partial charge in [-0.05, 0) is 52.6 Å². The fourth-order valence-electron chi connectivity index (χ4n) is 4.05. The Hall–Kier alpha value is -1.65. The lowest BCUT2D eigenvalue weighted by Gasteiger charge is -2.19. The van der Waals surface area contributed by atoms with Crippen molar-refractivity contribution in [2.75, 3.05) is 13.1 Å². The molecular formula is C20H23NO2S. The van der Waals surface area contributed by atoms with Crippen molar-refractivity contribution in [3.63, 3.8) is 0 Å². The van der Waals surface area contributed by atoms with Crippen molar-refractivity contribution < 1.29 is 9.53 Å². The quantitative estimate of drug-likeness (QED) is 0.829. The molecule has 126 valence electrons. The number of fused-ring (bicyclic) bond motifs is 1. The standard InChI is InChI=1S/C20H23NO2S/c22-20(8-16-6-7-24-14-16)21-11-17-9-19(10-18(17)12-21)23-13-15-4-2-1-3-5-15/h1-7,14,17-19H,8-13H2/t17-,18+,19?. The van der Waals surface area contributed by atoms with Gasteiger partial charge in [0.1, 0.15) is 0 Å². The summed E-state index contributed by atoms with van der Waals surface area (Å²) in [6.07, 6.45) is 3.10. The number of hydrogen-bond donors (Lipinski definition) is 0. The first-order valence-corrected chi connectivity index (χ1v) is 9.66. The molecule has 1 saturated heterocycles. The number of benzene rings is 1. The SMILES string of the molecule is O=C(Cc1ccsc1)N1C[C@H]2CC(OCc3ccccc3)C[C@H]2C1. The predicted octanol–water partition coefficient (Wildman–Crippen LogP) is 3.74. The van der Waals surface area contributed by atoms with Gasteiger partial charge in [0.25, 0.3) is 0 Å². The largest absolute Gasteiger partial charge is 0.374 e. The van der Waals surface area contributed by atoms with Gasteiger partial charge in [0.2, 0.25) is 5.91 Å². The average Bonchev–Trinajstić information content (AvgIpc) is 3.29. The van der Waals surface area contributed by atoms with Crippen LogP contribution in [0, 0.1) is 11.8 Å². The highest BCUT2D eigenvalue weighted by Crippen LogP contribution is 2.39. The summed E-state index contributed by atoms with van der Waals surface area (Å²) >= 11 is 1.66. The van der Waals surface area contributed by atoms with Gasteiger partial charge in [0.05, 0.1) is 19.1 Å². The summed E-state index contributed by atoms with van der Waals surface area (Å²) in [6.45, 7) is 2.53. The second kappa shape index (κ2) is 7.08. The van der Waals surface area contributed by atoms with Gasteiger partial charge in [0, 0.05) is 13.1 Å². The van der Waals surface area contributed by atoms with Crippen LogP contribution >= 0.6 is 11.3 Å². The van der Waals surface area contributed by atoms with E-state index >= 15 is 0 Å². The predicted molar refractivity (Wildman–Crippen MR) is 95.8 cm³/mol. The molecule has 0 spiro atoms. The summed E-state index contributed by atoms with van der Waals surface area (Å²) in [4.78, 5) is 14.5. The molecule has 1 aromatic carbocycles. The van der Waals surface area contributed by atoms with Gasteiger partial charge in [0.15, 0.2) is 0 Å². The van der Waals surface area contributed by atoms with Crippen LogP contribution in [0.1, 0.15) is 24.0 Å². The molecule has 1 aliphatic heterocycles. The second-order valence-corrected chi connectivity index (χ2v) is 7.80. The Balaban J connectivity index is 1.25. The number of nitrogens with zero attached hydrogens (tertiary/aromatic N) is 1. The Morgan fingerprint density at radius 1 is 1.08 bits per heavy atom. The molecule has 1 aliphatic carbocycles. The van der Waals surface area contributed by atoms with Crippen molar-refractivity contribution in [3.8, 4) is 0 Å². The van der Waals surface area contributed by atoms with Gasteiger partial charge in [-0.25, -0.2) is 0 Å². The molecule has 0 radical (unpaired) electrons. The van der Waals surface area contributed by atoms with Crippen LogP contribution in [0.15, 0.2) is 47.2 Å². The maximum Gasteiger partial charge on any atom is 0.227 e. The Morgan fingerprint density at radius 3 is 2.50 bits per heavy atom. The lowest BCUT2D eigenvalue weighted by Crippen LogP contribution is -2.31. The van der Waals surface area contributed by atoms with Gasteiger partial charge < -0.3 is 9.64 Å². The smallest absolute Gasteiger partial charge is 0.227 e. The molecule has 1 saturated carbocycles. The first-order chi connectivity index (χ1) is 11.8. The van der Waals surface area contributed by atoms with Crippen LogP contribution < -0.4 is 0 Å². The van der Waals surface area contributed by atoms with Gasteiger partial charge in [-0.15, -0.1) is 0 Å². The minimum atomic E-state index is 0.282. The molecule has 2 aromatic rings. The van der Waals surface area contributed by atoms with Crippen LogP contribution in [0.4, 0.5) is 0 Å². The molecule has 24 heavy (non-hydrogen) atoms. The fourth-order valence-corrected chi connectivity index (χ4v) is 4.72. The third kappa shape index (κ3) is 3.55. The Kier molecular flexibility index (Phi) is 4.67. The number of hydrogen-bond acceptors (Lipinski definition) is 3. The monoisotopic (exact) mass is 341 g/mol. The molecule has 0 N–H and O–H groups in total. The Labute approximate surface area is 147 Å². The molecule has 2 fully saturated rings. The highest BCUT2D eigenvalue weighted by atomic mass is 32.1. The molecule has 2 heterocycles. The fraction of sp³-hybridized carbons (Fsp3) is 0.450. The van der Waals surface area contributed by atoms with E-state index in [9.17, 15) is 4.79 Å². The lowest BCUT2D eigenvalue weighted by atomic mass is 10.0. The van der Waals surface area contributed by atoms with Crippen LogP contribution in [-0.2, 0) is 22.6 Å². The Bertz CT molecular complexity index is 656. The summed E-state index contributed by atoms with van der Waals surface area (Å²) in [5, 5.41) is 4.11. The number of ether oxygens (including phenoxy) is 1. The molecular weight excluding hydrogens is 318 g/mol. The van der Waals surface area contributed by atoms with Gasteiger partial charge in [-0.3, -0.25) is 4.79 Å². The van der Waals surface area contributed by atoms with Crippen LogP contribution in [-0.4, -0.2) is 30.0 Å².